The van der Waals surface area contributed by atoms with Crippen LogP contribution in [0.5, 0.6) is 0 Å². The molecule has 1 aliphatic heterocycles. The predicted molar refractivity (Wildman–Crippen MR) is 101 cm³/mol. The van der Waals surface area contributed by atoms with E-state index >= 15 is 0 Å². The summed E-state index contributed by atoms with van der Waals surface area (Å²) in [6.45, 7) is 5.91. The monoisotopic (exact) mass is 397 g/mol. The van der Waals surface area contributed by atoms with E-state index in [0.29, 0.717) is 0 Å². The Kier molecular flexibility index (Phi) is 6.18. The first kappa shape index (κ1) is 19.9. The standard InChI is InChI=1S/C19H22F3N3OS/c1-14(18(26)23-17-4-2-3-16(11-17)19(20,21)22)25-8-6-24(7-9-25)12-15-5-10-27-13-15/h2-5,10-11,13-14H,6-9,12H2,1H3,(H,23,26)/t14-/m1/s1. The van der Waals surface area contributed by atoms with Gasteiger partial charge in [0.25, 0.3) is 0 Å². The molecule has 27 heavy (non-hydrogen) atoms. The molecule has 1 aromatic carbocycles. The first-order chi connectivity index (χ1) is 12.8. The van der Waals surface area contributed by atoms with E-state index in [1.807, 2.05) is 0 Å². The Hall–Kier alpha value is -1.90. The lowest BCUT2D eigenvalue weighted by molar-refractivity contribution is -0.137. The first-order valence-electron chi connectivity index (χ1n) is 8.78. The van der Waals surface area contributed by atoms with Crippen molar-refractivity contribution < 1.29 is 18.0 Å². The summed E-state index contributed by atoms with van der Waals surface area (Å²) in [5.41, 5.74) is 0.691. The maximum Gasteiger partial charge on any atom is 0.416 e. The van der Waals surface area contributed by atoms with Gasteiger partial charge in [-0.15, -0.1) is 0 Å². The number of anilines is 1. The van der Waals surface area contributed by atoms with E-state index in [1.54, 1.807) is 18.3 Å². The third-order valence-corrected chi connectivity index (χ3v) is 5.51. The van der Waals surface area contributed by atoms with Crippen LogP contribution in [0.3, 0.4) is 0 Å². The summed E-state index contributed by atoms with van der Waals surface area (Å²) in [6.07, 6.45) is -4.43. The molecule has 4 nitrogen and oxygen atoms in total. The van der Waals surface area contributed by atoms with E-state index in [9.17, 15) is 18.0 Å². The third kappa shape index (κ3) is 5.31. The summed E-state index contributed by atoms with van der Waals surface area (Å²) in [4.78, 5) is 16.9. The van der Waals surface area contributed by atoms with Crippen LogP contribution in [-0.4, -0.2) is 47.9 Å². The number of thiophene rings is 1. The fourth-order valence-electron chi connectivity index (χ4n) is 3.14. The van der Waals surface area contributed by atoms with Crippen LogP contribution in [0, 0.1) is 0 Å². The molecular formula is C19H22F3N3OS. The Bertz CT molecular complexity index is 756. The minimum absolute atomic E-state index is 0.165. The molecule has 146 valence electrons. The van der Waals surface area contributed by atoms with Crippen molar-refractivity contribution in [3.05, 3.63) is 52.2 Å². The minimum atomic E-state index is -4.43. The van der Waals surface area contributed by atoms with Crippen LogP contribution in [-0.2, 0) is 17.5 Å². The summed E-state index contributed by atoms with van der Waals surface area (Å²) in [7, 11) is 0. The molecule has 1 N–H and O–H groups in total. The molecule has 1 amide bonds. The number of piperazine rings is 1. The molecule has 1 fully saturated rings. The van der Waals surface area contributed by atoms with E-state index in [1.165, 1.54) is 17.7 Å². The van der Waals surface area contributed by atoms with Gasteiger partial charge in [0.15, 0.2) is 0 Å². The Morgan fingerprint density at radius 2 is 1.96 bits per heavy atom. The zero-order valence-corrected chi connectivity index (χ0v) is 15.8. The van der Waals surface area contributed by atoms with Gasteiger partial charge in [0.2, 0.25) is 5.91 Å². The highest BCUT2D eigenvalue weighted by molar-refractivity contribution is 7.07. The average Bonchev–Trinajstić information content (AvgIpc) is 3.14. The van der Waals surface area contributed by atoms with E-state index in [4.69, 9.17) is 0 Å². The van der Waals surface area contributed by atoms with Crippen LogP contribution in [0.25, 0.3) is 0 Å². The molecule has 1 aromatic heterocycles. The quantitative estimate of drug-likeness (QED) is 0.831. The normalized spacial score (nSPS) is 17.6. The molecule has 8 heteroatoms. The van der Waals surface area contributed by atoms with Crippen LogP contribution < -0.4 is 5.32 Å². The van der Waals surface area contributed by atoms with Gasteiger partial charge >= 0.3 is 6.18 Å². The van der Waals surface area contributed by atoms with Crippen LogP contribution in [0.4, 0.5) is 18.9 Å². The zero-order chi connectivity index (χ0) is 19.4. The number of rotatable bonds is 5. The molecule has 3 rings (SSSR count). The molecule has 1 aliphatic rings. The van der Waals surface area contributed by atoms with Crippen molar-refractivity contribution in [2.45, 2.75) is 25.7 Å². The molecule has 0 unspecified atom stereocenters. The number of carbonyl (C=O) groups excluding carboxylic acids is 1. The molecule has 1 saturated heterocycles. The fraction of sp³-hybridized carbons (Fsp3) is 0.421. The smallest absolute Gasteiger partial charge is 0.325 e. The summed E-state index contributed by atoms with van der Waals surface area (Å²) < 4.78 is 38.4. The Morgan fingerprint density at radius 3 is 2.59 bits per heavy atom. The summed E-state index contributed by atoms with van der Waals surface area (Å²) >= 11 is 1.68. The second kappa shape index (κ2) is 8.41. The molecule has 0 spiro atoms. The van der Waals surface area contributed by atoms with Gasteiger partial charge in [0.05, 0.1) is 11.6 Å². The second-order valence-electron chi connectivity index (χ2n) is 6.69. The van der Waals surface area contributed by atoms with E-state index in [0.717, 1.165) is 44.9 Å². The van der Waals surface area contributed by atoms with Crippen molar-refractivity contribution >= 4 is 22.9 Å². The summed E-state index contributed by atoms with van der Waals surface area (Å²) in [5.74, 6) is -0.291. The van der Waals surface area contributed by atoms with Crippen molar-refractivity contribution in [3.63, 3.8) is 0 Å². The molecule has 2 heterocycles. The largest absolute Gasteiger partial charge is 0.416 e. The van der Waals surface area contributed by atoms with Gasteiger partial charge in [-0.1, -0.05) is 6.07 Å². The molecule has 0 saturated carbocycles. The molecular weight excluding hydrogens is 375 g/mol. The third-order valence-electron chi connectivity index (χ3n) is 4.78. The van der Waals surface area contributed by atoms with Gasteiger partial charge in [-0.05, 0) is 47.5 Å². The highest BCUT2D eigenvalue weighted by Gasteiger charge is 2.31. The Labute approximate surface area is 160 Å². The van der Waals surface area contributed by atoms with Gasteiger partial charge in [0.1, 0.15) is 0 Å². The van der Waals surface area contributed by atoms with Gasteiger partial charge in [-0.2, -0.15) is 24.5 Å². The summed E-state index contributed by atoms with van der Waals surface area (Å²) in [5, 5.41) is 6.80. The predicted octanol–water partition coefficient (Wildman–Crippen LogP) is 3.91. The van der Waals surface area contributed by atoms with Gasteiger partial charge in [0, 0.05) is 38.4 Å². The van der Waals surface area contributed by atoms with Crippen LogP contribution in [0.2, 0.25) is 0 Å². The number of hydrogen-bond acceptors (Lipinski definition) is 4. The van der Waals surface area contributed by atoms with E-state index in [-0.39, 0.29) is 11.6 Å². The minimum Gasteiger partial charge on any atom is -0.325 e. The van der Waals surface area contributed by atoms with Crippen molar-refractivity contribution in [3.8, 4) is 0 Å². The number of nitrogens with zero attached hydrogens (tertiary/aromatic N) is 2. The van der Waals surface area contributed by atoms with E-state index in [2.05, 4.69) is 31.9 Å². The Morgan fingerprint density at radius 1 is 1.22 bits per heavy atom. The van der Waals surface area contributed by atoms with Crippen LogP contribution >= 0.6 is 11.3 Å². The number of carbonyl (C=O) groups is 1. The van der Waals surface area contributed by atoms with Crippen molar-refractivity contribution in [1.29, 1.82) is 0 Å². The number of amides is 1. The average molecular weight is 397 g/mol. The van der Waals surface area contributed by atoms with Crippen LogP contribution in [0.1, 0.15) is 18.1 Å². The topological polar surface area (TPSA) is 35.6 Å². The van der Waals surface area contributed by atoms with Crippen molar-refractivity contribution in [1.82, 2.24) is 9.80 Å². The molecule has 0 aliphatic carbocycles. The highest BCUT2D eigenvalue weighted by atomic mass is 32.1. The fourth-order valence-corrected chi connectivity index (χ4v) is 3.80. The molecule has 1 atom stereocenters. The molecule has 0 bridgehead atoms. The van der Waals surface area contributed by atoms with Crippen molar-refractivity contribution in [2.75, 3.05) is 31.5 Å². The van der Waals surface area contributed by atoms with E-state index < -0.39 is 17.8 Å². The van der Waals surface area contributed by atoms with Gasteiger partial charge < -0.3 is 5.32 Å². The lowest BCUT2D eigenvalue weighted by atomic mass is 10.1. The number of hydrogen-bond donors (Lipinski definition) is 1. The number of benzene rings is 1. The number of nitrogens with one attached hydrogen (secondary N) is 1. The number of halogens is 3. The number of alkyl halides is 3. The van der Waals surface area contributed by atoms with Gasteiger partial charge in [-0.25, -0.2) is 0 Å². The van der Waals surface area contributed by atoms with Gasteiger partial charge in [-0.3, -0.25) is 14.6 Å². The maximum atomic E-state index is 12.8. The maximum absolute atomic E-state index is 12.8. The SMILES string of the molecule is C[C@H](C(=O)Nc1cccc(C(F)(F)F)c1)N1CCN(Cc2ccsc2)CC1. The molecule has 0 radical (unpaired) electrons. The summed E-state index contributed by atoms with van der Waals surface area (Å²) in [6, 6.07) is 6.44. The second-order valence-corrected chi connectivity index (χ2v) is 7.47. The zero-order valence-electron chi connectivity index (χ0n) is 15.0. The van der Waals surface area contributed by atoms with Crippen LogP contribution in [0.15, 0.2) is 41.1 Å². The molecule has 2 aromatic rings. The lowest BCUT2D eigenvalue weighted by Gasteiger charge is -2.37. The van der Waals surface area contributed by atoms with Crippen molar-refractivity contribution in [2.24, 2.45) is 0 Å². The lowest BCUT2D eigenvalue weighted by Crippen LogP contribution is -2.52. The first-order valence-corrected chi connectivity index (χ1v) is 9.73. The highest BCUT2D eigenvalue weighted by Crippen LogP contribution is 2.30. The Balaban J connectivity index is 1.52.